The van der Waals surface area contributed by atoms with Crippen molar-refractivity contribution in [2.45, 2.75) is 45.2 Å². The molecule has 1 saturated heterocycles. The first-order valence-electron chi connectivity index (χ1n) is 7.70. The van der Waals surface area contributed by atoms with Crippen LogP contribution in [0.2, 0.25) is 0 Å². The molecule has 1 fully saturated rings. The Kier molecular flexibility index (Phi) is 5.06. The number of nitrogens with one attached hydrogen (secondary N) is 1. The van der Waals surface area contributed by atoms with E-state index < -0.39 is 0 Å². The summed E-state index contributed by atoms with van der Waals surface area (Å²) in [5.74, 6) is 0.982. The van der Waals surface area contributed by atoms with Crippen molar-refractivity contribution >= 4 is 0 Å². The zero-order chi connectivity index (χ0) is 14.6. The number of likely N-dealkylation sites (N-methyl/N-ethyl adjacent to an activating group) is 1. The van der Waals surface area contributed by atoms with Gasteiger partial charge in [0, 0.05) is 23.7 Å². The van der Waals surface area contributed by atoms with E-state index in [1.54, 1.807) is 7.11 Å². The fourth-order valence-corrected chi connectivity index (χ4v) is 3.20. The third kappa shape index (κ3) is 3.33. The monoisotopic (exact) mass is 276 g/mol. The van der Waals surface area contributed by atoms with Crippen LogP contribution in [0.3, 0.4) is 0 Å². The maximum Gasteiger partial charge on any atom is 0.123 e. The number of nitrogens with zero attached hydrogens (tertiary/aromatic N) is 1. The summed E-state index contributed by atoms with van der Waals surface area (Å²) in [6.45, 7) is 10.1. The third-order valence-electron chi connectivity index (χ3n) is 4.44. The number of benzene rings is 1. The average Bonchev–Trinajstić information content (AvgIpc) is 2.77. The van der Waals surface area contributed by atoms with Crippen molar-refractivity contribution in [3.05, 3.63) is 29.8 Å². The van der Waals surface area contributed by atoms with Crippen LogP contribution >= 0.6 is 0 Å². The van der Waals surface area contributed by atoms with Crippen LogP contribution < -0.4 is 10.1 Å². The molecular formula is C17H28N2O. The van der Waals surface area contributed by atoms with Crippen molar-refractivity contribution in [1.82, 2.24) is 10.2 Å². The Morgan fingerprint density at radius 3 is 2.70 bits per heavy atom. The van der Waals surface area contributed by atoms with E-state index >= 15 is 0 Å². The summed E-state index contributed by atoms with van der Waals surface area (Å²) >= 11 is 0. The van der Waals surface area contributed by atoms with Gasteiger partial charge in [0.05, 0.1) is 7.11 Å². The van der Waals surface area contributed by atoms with Gasteiger partial charge in [-0.3, -0.25) is 4.90 Å². The van der Waals surface area contributed by atoms with E-state index in [-0.39, 0.29) is 0 Å². The Morgan fingerprint density at radius 1 is 1.35 bits per heavy atom. The first kappa shape index (κ1) is 15.3. The van der Waals surface area contributed by atoms with E-state index in [1.807, 2.05) is 6.07 Å². The molecule has 1 heterocycles. The smallest absolute Gasteiger partial charge is 0.123 e. The molecule has 0 aliphatic carbocycles. The summed E-state index contributed by atoms with van der Waals surface area (Å²) in [6.07, 6.45) is 2.59. The van der Waals surface area contributed by atoms with Gasteiger partial charge >= 0.3 is 0 Å². The van der Waals surface area contributed by atoms with E-state index in [0.717, 1.165) is 18.8 Å². The van der Waals surface area contributed by atoms with Crippen LogP contribution in [-0.2, 0) is 0 Å². The van der Waals surface area contributed by atoms with Gasteiger partial charge in [-0.1, -0.05) is 25.1 Å². The SMILES string of the molecule is CCNC(CN1CCCC1(C)C)c1ccccc1OC. The molecule has 1 aliphatic heterocycles. The van der Waals surface area contributed by atoms with E-state index in [4.69, 9.17) is 4.74 Å². The van der Waals surface area contributed by atoms with Crippen LogP contribution in [0.5, 0.6) is 5.75 Å². The van der Waals surface area contributed by atoms with Crippen LogP contribution in [-0.4, -0.2) is 37.2 Å². The van der Waals surface area contributed by atoms with Crippen molar-refractivity contribution in [3.63, 3.8) is 0 Å². The molecule has 0 bridgehead atoms. The molecule has 1 aromatic rings. The van der Waals surface area contributed by atoms with Gasteiger partial charge in [0.15, 0.2) is 0 Å². The highest BCUT2D eigenvalue weighted by Crippen LogP contribution is 2.32. The maximum atomic E-state index is 5.53. The molecule has 0 saturated carbocycles. The number of para-hydroxylation sites is 1. The summed E-state index contributed by atoms with van der Waals surface area (Å²) in [6, 6.07) is 8.68. The van der Waals surface area contributed by atoms with Crippen molar-refractivity contribution < 1.29 is 4.74 Å². The van der Waals surface area contributed by atoms with Crippen LogP contribution in [0.4, 0.5) is 0 Å². The lowest BCUT2D eigenvalue weighted by molar-refractivity contribution is 0.156. The molecule has 2 rings (SSSR count). The number of likely N-dealkylation sites (tertiary alicyclic amines) is 1. The van der Waals surface area contributed by atoms with Crippen LogP contribution in [0.1, 0.15) is 45.2 Å². The zero-order valence-electron chi connectivity index (χ0n) is 13.3. The first-order valence-corrected chi connectivity index (χ1v) is 7.70. The van der Waals surface area contributed by atoms with Crippen molar-refractivity contribution in [2.24, 2.45) is 0 Å². The molecule has 0 amide bonds. The van der Waals surface area contributed by atoms with Crippen molar-refractivity contribution in [2.75, 3.05) is 26.7 Å². The fourth-order valence-electron chi connectivity index (χ4n) is 3.20. The topological polar surface area (TPSA) is 24.5 Å². The second-order valence-electron chi connectivity index (χ2n) is 6.21. The molecule has 20 heavy (non-hydrogen) atoms. The van der Waals surface area contributed by atoms with Gasteiger partial charge in [-0.05, 0) is 45.8 Å². The molecular weight excluding hydrogens is 248 g/mol. The molecule has 3 nitrogen and oxygen atoms in total. The Balaban J connectivity index is 2.18. The summed E-state index contributed by atoms with van der Waals surface area (Å²) in [5, 5.41) is 3.62. The second-order valence-corrected chi connectivity index (χ2v) is 6.21. The molecule has 0 radical (unpaired) electrons. The van der Waals surface area contributed by atoms with Crippen LogP contribution in [0, 0.1) is 0 Å². The minimum absolute atomic E-state index is 0.315. The number of hydrogen-bond donors (Lipinski definition) is 1. The van der Waals surface area contributed by atoms with Crippen LogP contribution in [0.15, 0.2) is 24.3 Å². The lowest BCUT2D eigenvalue weighted by Gasteiger charge is -2.35. The van der Waals surface area contributed by atoms with E-state index in [9.17, 15) is 0 Å². The normalized spacial score (nSPS) is 20.0. The van der Waals surface area contributed by atoms with Gasteiger partial charge in [-0.15, -0.1) is 0 Å². The molecule has 1 atom stereocenters. The molecule has 0 spiro atoms. The number of rotatable bonds is 6. The number of methoxy groups -OCH3 is 1. The van der Waals surface area contributed by atoms with E-state index in [2.05, 4.69) is 49.2 Å². The quantitative estimate of drug-likeness (QED) is 0.863. The highest BCUT2D eigenvalue weighted by molar-refractivity contribution is 5.36. The molecule has 3 heteroatoms. The van der Waals surface area contributed by atoms with E-state index in [0.29, 0.717) is 11.6 Å². The van der Waals surface area contributed by atoms with Crippen LogP contribution in [0.25, 0.3) is 0 Å². The average molecular weight is 276 g/mol. The molecule has 1 N–H and O–H groups in total. The van der Waals surface area contributed by atoms with Gasteiger partial charge in [0.2, 0.25) is 0 Å². The Labute approximate surface area is 123 Å². The van der Waals surface area contributed by atoms with Crippen molar-refractivity contribution in [3.8, 4) is 5.75 Å². The number of hydrogen-bond acceptors (Lipinski definition) is 3. The van der Waals surface area contributed by atoms with E-state index in [1.165, 1.54) is 24.9 Å². The van der Waals surface area contributed by atoms with Gasteiger partial charge in [-0.2, -0.15) is 0 Å². The molecule has 112 valence electrons. The standard InChI is InChI=1S/C17H28N2O/c1-5-18-15(13-19-12-8-11-17(19,2)3)14-9-6-7-10-16(14)20-4/h6-7,9-10,15,18H,5,8,11-13H2,1-4H3. The predicted octanol–water partition coefficient (Wildman–Crippen LogP) is 3.22. The van der Waals surface area contributed by atoms with Gasteiger partial charge < -0.3 is 10.1 Å². The zero-order valence-corrected chi connectivity index (χ0v) is 13.3. The lowest BCUT2D eigenvalue weighted by Crippen LogP contribution is -2.43. The Hall–Kier alpha value is -1.06. The lowest BCUT2D eigenvalue weighted by atomic mass is 9.99. The Bertz CT molecular complexity index is 431. The second kappa shape index (κ2) is 6.59. The third-order valence-corrected chi connectivity index (χ3v) is 4.44. The summed E-state index contributed by atoms with van der Waals surface area (Å²) < 4.78 is 5.53. The molecule has 1 aromatic carbocycles. The maximum absolute atomic E-state index is 5.53. The molecule has 0 aromatic heterocycles. The summed E-state index contributed by atoms with van der Waals surface area (Å²) in [4.78, 5) is 2.60. The minimum Gasteiger partial charge on any atom is -0.496 e. The largest absolute Gasteiger partial charge is 0.496 e. The summed E-state index contributed by atoms with van der Waals surface area (Å²) in [5.41, 5.74) is 1.58. The highest BCUT2D eigenvalue weighted by Gasteiger charge is 2.33. The molecule has 1 aliphatic rings. The first-order chi connectivity index (χ1) is 9.58. The number of ether oxygens (including phenoxy) is 1. The predicted molar refractivity (Wildman–Crippen MR) is 84.3 cm³/mol. The fraction of sp³-hybridized carbons (Fsp3) is 0.647. The van der Waals surface area contributed by atoms with Crippen molar-refractivity contribution in [1.29, 1.82) is 0 Å². The Morgan fingerprint density at radius 2 is 2.10 bits per heavy atom. The van der Waals surface area contributed by atoms with Gasteiger partial charge in [0.25, 0.3) is 0 Å². The summed E-state index contributed by atoms with van der Waals surface area (Å²) in [7, 11) is 1.75. The molecule has 1 unspecified atom stereocenters. The van der Waals surface area contributed by atoms with Gasteiger partial charge in [0.1, 0.15) is 5.75 Å². The highest BCUT2D eigenvalue weighted by atomic mass is 16.5. The minimum atomic E-state index is 0.315. The van der Waals surface area contributed by atoms with Gasteiger partial charge in [-0.25, -0.2) is 0 Å².